The fourth-order valence-corrected chi connectivity index (χ4v) is 1.79. The fourth-order valence-electron chi connectivity index (χ4n) is 1.79. The van der Waals surface area contributed by atoms with E-state index in [-0.39, 0.29) is 16.7 Å². The van der Waals surface area contributed by atoms with Gasteiger partial charge in [0.25, 0.3) is 5.56 Å². The van der Waals surface area contributed by atoms with Crippen LogP contribution in [0.1, 0.15) is 26.5 Å². The summed E-state index contributed by atoms with van der Waals surface area (Å²) >= 11 is 0. The number of ether oxygens (including phenoxy) is 1. The second kappa shape index (κ2) is 5.07. The Kier molecular flexibility index (Phi) is 3.61. The van der Waals surface area contributed by atoms with Crippen molar-refractivity contribution in [1.29, 1.82) is 0 Å². The molecule has 1 aromatic carbocycles. The predicted molar refractivity (Wildman–Crippen MR) is 75.5 cm³/mol. The van der Waals surface area contributed by atoms with Crippen molar-refractivity contribution in [2.24, 2.45) is 0 Å². The number of benzene rings is 1. The summed E-state index contributed by atoms with van der Waals surface area (Å²) < 4.78 is 18.4. The lowest BCUT2D eigenvalue weighted by Gasteiger charge is -2.18. The Hall–Kier alpha value is -2.17. The summed E-state index contributed by atoms with van der Waals surface area (Å²) in [5, 5.41) is 0. The van der Waals surface area contributed by atoms with Gasteiger partial charge in [-0.15, -0.1) is 0 Å². The normalized spacial score (nSPS) is 11.4. The summed E-state index contributed by atoms with van der Waals surface area (Å²) in [5.41, 5.74) is 0.807. The number of nitrogens with zero attached hydrogens (tertiary/aromatic N) is 1. The van der Waals surface area contributed by atoms with E-state index in [2.05, 4.69) is 9.97 Å². The van der Waals surface area contributed by atoms with Crippen molar-refractivity contribution in [1.82, 2.24) is 9.97 Å². The largest absolute Gasteiger partial charge is 0.494 e. The van der Waals surface area contributed by atoms with E-state index in [9.17, 15) is 9.18 Å². The van der Waals surface area contributed by atoms with E-state index in [1.54, 1.807) is 6.07 Å². The van der Waals surface area contributed by atoms with Gasteiger partial charge in [-0.25, -0.2) is 9.37 Å². The molecular formula is C15H17FN2O2. The average molecular weight is 276 g/mol. The molecule has 0 aliphatic rings. The van der Waals surface area contributed by atoms with Crippen LogP contribution in [-0.2, 0) is 5.41 Å². The van der Waals surface area contributed by atoms with Gasteiger partial charge >= 0.3 is 0 Å². The van der Waals surface area contributed by atoms with E-state index in [0.29, 0.717) is 17.1 Å². The highest BCUT2D eigenvalue weighted by Gasteiger charge is 2.18. The van der Waals surface area contributed by atoms with Crippen LogP contribution in [0.2, 0.25) is 0 Å². The molecule has 0 unspecified atom stereocenters. The topological polar surface area (TPSA) is 55.0 Å². The number of rotatable bonds is 2. The SMILES string of the molecule is COc1cc(-c2nc(C(C)(C)C)cc(=O)[nH]2)ccc1F. The van der Waals surface area contributed by atoms with Crippen LogP contribution >= 0.6 is 0 Å². The molecule has 1 heterocycles. The summed E-state index contributed by atoms with van der Waals surface area (Å²) in [6.45, 7) is 5.93. The highest BCUT2D eigenvalue weighted by atomic mass is 19.1. The lowest BCUT2D eigenvalue weighted by atomic mass is 9.92. The Morgan fingerprint density at radius 1 is 1.25 bits per heavy atom. The maximum absolute atomic E-state index is 13.4. The Labute approximate surface area is 116 Å². The van der Waals surface area contributed by atoms with Crippen LogP contribution in [0, 0.1) is 5.82 Å². The van der Waals surface area contributed by atoms with E-state index in [1.807, 2.05) is 20.8 Å². The van der Waals surface area contributed by atoms with Crippen LogP contribution in [0.4, 0.5) is 4.39 Å². The summed E-state index contributed by atoms with van der Waals surface area (Å²) in [6, 6.07) is 5.84. The van der Waals surface area contributed by atoms with Crippen molar-refractivity contribution in [2.75, 3.05) is 7.11 Å². The minimum absolute atomic E-state index is 0.117. The summed E-state index contributed by atoms with van der Waals surface area (Å²) in [7, 11) is 1.39. The van der Waals surface area contributed by atoms with Crippen molar-refractivity contribution in [3.8, 4) is 17.1 Å². The molecular weight excluding hydrogens is 259 g/mol. The smallest absolute Gasteiger partial charge is 0.251 e. The molecule has 0 aliphatic carbocycles. The van der Waals surface area contributed by atoms with Crippen molar-refractivity contribution < 1.29 is 9.13 Å². The van der Waals surface area contributed by atoms with Crippen molar-refractivity contribution >= 4 is 0 Å². The maximum Gasteiger partial charge on any atom is 0.251 e. The quantitative estimate of drug-likeness (QED) is 0.917. The summed E-state index contributed by atoms with van der Waals surface area (Å²) in [4.78, 5) is 18.9. The first-order chi connectivity index (χ1) is 9.31. The zero-order valence-electron chi connectivity index (χ0n) is 12.0. The molecule has 1 aromatic heterocycles. The molecule has 0 spiro atoms. The molecule has 0 aliphatic heterocycles. The Morgan fingerprint density at radius 2 is 1.95 bits per heavy atom. The standard InChI is InChI=1S/C15H17FN2O2/c1-15(2,3)12-8-13(19)18-14(17-12)9-5-6-10(16)11(7-9)20-4/h5-8H,1-4H3,(H,17,18,19). The van der Waals surface area contributed by atoms with Crippen LogP contribution in [0.25, 0.3) is 11.4 Å². The zero-order chi connectivity index (χ0) is 14.9. The molecule has 106 valence electrons. The third-order valence-electron chi connectivity index (χ3n) is 2.93. The lowest BCUT2D eigenvalue weighted by molar-refractivity contribution is 0.386. The molecule has 2 rings (SSSR count). The maximum atomic E-state index is 13.4. The fraction of sp³-hybridized carbons (Fsp3) is 0.333. The monoisotopic (exact) mass is 276 g/mol. The molecule has 0 saturated heterocycles. The molecule has 0 bridgehead atoms. The van der Waals surface area contributed by atoms with E-state index >= 15 is 0 Å². The Balaban J connectivity index is 2.58. The number of aromatic amines is 1. The van der Waals surface area contributed by atoms with Gasteiger partial charge in [0.1, 0.15) is 5.82 Å². The highest BCUT2D eigenvalue weighted by molar-refractivity contribution is 5.57. The van der Waals surface area contributed by atoms with Crippen LogP contribution in [0.5, 0.6) is 5.75 Å². The number of hydrogen-bond donors (Lipinski definition) is 1. The first kappa shape index (κ1) is 14.2. The summed E-state index contributed by atoms with van der Waals surface area (Å²) in [5.74, 6) is 0.0672. The molecule has 0 saturated carbocycles. The average Bonchev–Trinajstić information content (AvgIpc) is 2.37. The lowest BCUT2D eigenvalue weighted by Crippen LogP contribution is -2.19. The molecule has 4 nitrogen and oxygen atoms in total. The third kappa shape index (κ3) is 2.87. The van der Waals surface area contributed by atoms with Crippen LogP contribution in [0.15, 0.2) is 29.1 Å². The van der Waals surface area contributed by atoms with E-state index < -0.39 is 5.82 Å². The zero-order valence-corrected chi connectivity index (χ0v) is 12.0. The molecule has 0 radical (unpaired) electrons. The number of halogens is 1. The number of H-pyrrole nitrogens is 1. The molecule has 5 heteroatoms. The van der Waals surface area contributed by atoms with Gasteiger partial charge in [0.2, 0.25) is 0 Å². The molecule has 1 N–H and O–H groups in total. The number of aromatic nitrogens is 2. The van der Waals surface area contributed by atoms with Gasteiger partial charge in [0, 0.05) is 17.0 Å². The highest BCUT2D eigenvalue weighted by Crippen LogP contribution is 2.25. The number of nitrogens with one attached hydrogen (secondary N) is 1. The Bertz CT molecular complexity index is 687. The van der Waals surface area contributed by atoms with Crippen molar-refractivity contribution in [3.05, 3.63) is 46.1 Å². The van der Waals surface area contributed by atoms with E-state index in [0.717, 1.165) is 0 Å². The first-order valence-corrected chi connectivity index (χ1v) is 6.27. The number of methoxy groups -OCH3 is 1. The van der Waals surface area contributed by atoms with Gasteiger partial charge in [0.05, 0.1) is 12.8 Å². The van der Waals surface area contributed by atoms with Crippen LogP contribution < -0.4 is 10.3 Å². The number of hydrogen-bond acceptors (Lipinski definition) is 3. The van der Waals surface area contributed by atoms with Gasteiger partial charge in [-0.2, -0.15) is 0 Å². The second-order valence-corrected chi connectivity index (χ2v) is 5.58. The molecule has 0 fully saturated rings. The van der Waals surface area contributed by atoms with Gasteiger partial charge in [-0.1, -0.05) is 20.8 Å². The van der Waals surface area contributed by atoms with Crippen LogP contribution in [-0.4, -0.2) is 17.1 Å². The second-order valence-electron chi connectivity index (χ2n) is 5.58. The Morgan fingerprint density at radius 3 is 2.55 bits per heavy atom. The molecule has 2 aromatic rings. The molecule has 20 heavy (non-hydrogen) atoms. The van der Waals surface area contributed by atoms with Gasteiger partial charge in [-0.3, -0.25) is 4.79 Å². The van der Waals surface area contributed by atoms with Crippen LogP contribution in [0.3, 0.4) is 0 Å². The van der Waals surface area contributed by atoms with Crippen molar-refractivity contribution in [2.45, 2.75) is 26.2 Å². The van der Waals surface area contributed by atoms with Gasteiger partial charge in [-0.05, 0) is 18.2 Å². The van der Waals surface area contributed by atoms with Crippen molar-refractivity contribution in [3.63, 3.8) is 0 Å². The molecule has 0 atom stereocenters. The van der Waals surface area contributed by atoms with Gasteiger partial charge in [0.15, 0.2) is 11.6 Å². The van der Waals surface area contributed by atoms with Gasteiger partial charge < -0.3 is 9.72 Å². The molecule has 0 amide bonds. The first-order valence-electron chi connectivity index (χ1n) is 6.27. The summed E-state index contributed by atoms with van der Waals surface area (Å²) in [6.07, 6.45) is 0. The predicted octanol–water partition coefficient (Wildman–Crippen LogP) is 2.88. The minimum Gasteiger partial charge on any atom is -0.494 e. The minimum atomic E-state index is -0.453. The van der Waals surface area contributed by atoms with E-state index in [4.69, 9.17) is 4.74 Å². The van der Waals surface area contributed by atoms with E-state index in [1.165, 1.54) is 25.3 Å². The third-order valence-corrected chi connectivity index (χ3v) is 2.93.